The van der Waals surface area contributed by atoms with E-state index in [4.69, 9.17) is 4.74 Å². The van der Waals surface area contributed by atoms with Crippen molar-refractivity contribution in [2.75, 3.05) is 13.7 Å². The maximum Gasteiger partial charge on any atom is 0.147 e. The van der Waals surface area contributed by atoms with Crippen molar-refractivity contribution in [2.24, 2.45) is 0 Å². The Labute approximate surface area is 119 Å². The molecule has 3 nitrogen and oxygen atoms in total. The van der Waals surface area contributed by atoms with Gasteiger partial charge >= 0.3 is 0 Å². The number of aliphatic hydroxyl groups excluding tert-OH is 1. The second kappa shape index (κ2) is 7.36. The molecular weight excluding hydrogens is 350 g/mol. The molecule has 0 amide bonds. The van der Waals surface area contributed by atoms with Gasteiger partial charge in [-0.1, -0.05) is 6.92 Å². The molecule has 0 heterocycles. The number of ether oxygens (including phenoxy) is 1. The molecule has 1 rings (SSSR count). The van der Waals surface area contributed by atoms with Gasteiger partial charge in [-0.25, -0.2) is 0 Å². The first-order chi connectivity index (χ1) is 8.08. The number of hydrogen-bond donors (Lipinski definition) is 2. The Morgan fingerprint density at radius 2 is 1.94 bits per heavy atom. The van der Waals surface area contributed by atoms with E-state index in [9.17, 15) is 5.11 Å². The van der Waals surface area contributed by atoms with E-state index in [2.05, 4.69) is 37.2 Å². The summed E-state index contributed by atoms with van der Waals surface area (Å²) in [5, 5.41) is 12.6. The van der Waals surface area contributed by atoms with E-state index in [0.717, 1.165) is 33.2 Å². The third-order valence-corrected chi connectivity index (χ3v) is 3.62. The summed E-state index contributed by atoms with van der Waals surface area (Å²) in [4.78, 5) is 0. The van der Waals surface area contributed by atoms with E-state index in [1.165, 1.54) is 0 Å². The zero-order valence-corrected chi connectivity index (χ0v) is 13.1. The Morgan fingerprint density at radius 3 is 2.41 bits per heavy atom. The third kappa shape index (κ3) is 4.58. The van der Waals surface area contributed by atoms with Crippen LogP contribution in [0, 0.1) is 0 Å². The fraction of sp³-hybridized carbons (Fsp3) is 0.500. The van der Waals surface area contributed by atoms with E-state index in [1.54, 1.807) is 7.11 Å². The Bertz CT molecular complexity index is 349. The summed E-state index contributed by atoms with van der Waals surface area (Å²) in [6.07, 6.45) is 0.489. The highest BCUT2D eigenvalue weighted by atomic mass is 79.9. The molecule has 1 atom stereocenters. The number of benzene rings is 1. The predicted molar refractivity (Wildman–Crippen MR) is 76.4 cm³/mol. The maximum absolute atomic E-state index is 9.43. The Kier molecular flexibility index (Phi) is 6.48. The van der Waals surface area contributed by atoms with E-state index in [0.29, 0.717) is 6.54 Å². The third-order valence-electron chi connectivity index (χ3n) is 2.44. The van der Waals surface area contributed by atoms with Crippen molar-refractivity contribution in [3.05, 3.63) is 26.6 Å². The van der Waals surface area contributed by atoms with Crippen LogP contribution in [0.3, 0.4) is 0 Å². The van der Waals surface area contributed by atoms with Gasteiger partial charge in [-0.2, -0.15) is 0 Å². The van der Waals surface area contributed by atoms with Gasteiger partial charge in [0, 0.05) is 13.1 Å². The first-order valence-corrected chi connectivity index (χ1v) is 7.07. The molecule has 1 unspecified atom stereocenters. The molecule has 0 aliphatic heterocycles. The lowest BCUT2D eigenvalue weighted by Gasteiger charge is -2.12. The summed E-state index contributed by atoms with van der Waals surface area (Å²) in [5.41, 5.74) is 1.13. The number of halogens is 2. The van der Waals surface area contributed by atoms with E-state index in [-0.39, 0.29) is 6.10 Å². The van der Waals surface area contributed by atoms with Crippen LogP contribution in [0.4, 0.5) is 0 Å². The van der Waals surface area contributed by atoms with Crippen LogP contribution >= 0.6 is 31.9 Å². The molecule has 1 aromatic carbocycles. The minimum Gasteiger partial charge on any atom is -0.494 e. The molecule has 5 heteroatoms. The quantitative estimate of drug-likeness (QED) is 0.812. The highest BCUT2D eigenvalue weighted by Gasteiger charge is 2.08. The SMILES string of the molecule is CCC(O)CNCc1cc(Br)c(OC)c(Br)c1. The average molecular weight is 367 g/mol. The summed E-state index contributed by atoms with van der Waals surface area (Å²) in [6, 6.07) is 4.02. The summed E-state index contributed by atoms with van der Waals surface area (Å²) >= 11 is 6.92. The van der Waals surface area contributed by atoms with Crippen molar-refractivity contribution in [1.82, 2.24) is 5.32 Å². The lowest BCUT2D eigenvalue weighted by molar-refractivity contribution is 0.167. The number of hydrogen-bond acceptors (Lipinski definition) is 3. The van der Waals surface area contributed by atoms with Gasteiger partial charge in [0.15, 0.2) is 0 Å². The second-order valence-corrected chi connectivity index (χ2v) is 5.49. The first-order valence-electron chi connectivity index (χ1n) is 5.49. The van der Waals surface area contributed by atoms with E-state index >= 15 is 0 Å². The molecule has 0 aliphatic carbocycles. The molecule has 0 aliphatic rings. The van der Waals surface area contributed by atoms with Crippen molar-refractivity contribution in [1.29, 1.82) is 0 Å². The molecule has 0 saturated heterocycles. The fourth-order valence-electron chi connectivity index (χ4n) is 1.44. The Hall–Kier alpha value is -0.100. The standard InChI is InChI=1S/C12H17Br2NO2/c1-3-9(16)7-15-6-8-4-10(13)12(17-2)11(14)5-8/h4-5,9,15-16H,3,6-7H2,1-2H3. The first kappa shape index (κ1) is 15.0. The zero-order valence-electron chi connectivity index (χ0n) is 9.96. The van der Waals surface area contributed by atoms with Gasteiger partial charge in [0.1, 0.15) is 5.75 Å². The van der Waals surface area contributed by atoms with E-state index in [1.807, 2.05) is 19.1 Å². The van der Waals surface area contributed by atoms with Crippen LogP contribution in [0.25, 0.3) is 0 Å². The van der Waals surface area contributed by atoms with Gasteiger partial charge in [0.2, 0.25) is 0 Å². The van der Waals surface area contributed by atoms with Crippen molar-refractivity contribution in [3.8, 4) is 5.75 Å². The molecule has 0 spiro atoms. The molecule has 1 aromatic rings. The monoisotopic (exact) mass is 365 g/mol. The Morgan fingerprint density at radius 1 is 1.35 bits per heavy atom. The smallest absolute Gasteiger partial charge is 0.147 e. The summed E-state index contributed by atoms with van der Waals surface area (Å²) < 4.78 is 7.07. The van der Waals surface area contributed by atoms with Crippen LogP contribution in [-0.4, -0.2) is 24.9 Å². The van der Waals surface area contributed by atoms with Gasteiger partial charge in [0.05, 0.1) is 22.2 Å². The van der Waals surface area contributed by atoms with Gasteiger partial charge in [0.25, 0.3) is 0 Å². The topological polar surface area (TPSA) is 41.5 Å². The van der Waals surface area contributed by atoms with Gasteiger partial charge in [-0.3, -0.25) is 0 Å². The van der Waals surface area contributed by atoms with Crippen LogP contribution in [-0.2, 0) is 6.54 Å². The van der Waals surface area contributed by atoms with E-state index < -0.39 is 0 Å². The van der Waals surface area contributed by atoms with Crippen molar-refractivity contribution in [3.63, 3.8) is 0 Å². The minimum atomic E-state index is -0.278. The normalized spacial score (nSPS) is 12.5. The van der Waals surface area contributed by atoms with Crippen LogP contribution in [0.5, 0.6) is 5.75 Å². The minimum absolute atomic E-state index is 0.278. The fourth-order valence-corrected chi connectivity index (χ4v) is 3.04. The largest absolute Gasteiger partial charge is 0.494 e. The molecular formula is C12H17Br2NO2. The molecule has 0 bridgehead atoms. The van der Waals surface area contributed by atoms with Gasteiger partial charge in [-0.05, 0) is 56.0 Å². The van der Waals surface area contributed by atoms with Gasteiger partial charge < -0.3 is 15.2 Å². The van der Waals surface area contributed by atoms with Crippen molar-refractivity contribution >= 4 is 31.9 Å². The molecule has 0 aromatic heterocycles. The molecule has 0 saturated carbocycles. The number of nitrogens with one attached hydrogen (secondary N) is 1. The molecule has 0 radical (unpaired) electrons. The number of aliphatic hydroxyl groups is 1. The highest BCUT2D eigenvalue weighted by Crippen LogP contribution is 2.34. The van der Waals surface area contributed by atoms with Crippen LogP contribution in [0.1, 0.15) is 18.9 Å². The summed E-state index contributed by atoms with van der Waals surface area (Å²) in [7, 11) is 1.64. The molecule has 0 fully saturated rings. The summed E-state index contributed by atoms with van der Waals surface area (Å²) in [6.45, 7) is 3.29. The van der Waals surface area contributed by atoms with Crippen molar-refractivity contribution < 1.29 is 9.84 Å². The maximum atomic E-state index is 9.43. The molecule has 96 valence electrons. The zero-order chi connectivity index (χ0) is 12.8. The lowest BCUT2D eigenvalue weighted by atomic mass is 10.2. The van der Waals surface area contributed by atoms with Crippen LogP contribution < -0.4 is 10.1 Å². The second-order valence-electron chi connectivity index (χ2n) is 3.79. The predicted octanol–water partition coefficient (Wildman–Crippen LogP) is 3.08. The average Bonchev–Trinajstić information content (AvgIpc) is 2.28. The van der Waals surface area contributed by atoms with Crippen LogP contribution in [0.15, 0.2) is 21.1 Å². The van der Waals surface area contributed by atoms with Crippen LogP contribution in [0.2, 0.25) is 0 Å². The molecule has 2 N–H and O–H groups in total. The highest BCUT2D eigenvalue weighted by molar-refractivity contribution is 9.11. The number of methoxy groups -OCH3 is 1. The van der Waals surface area contributed by atoms with Gasteiger partial charge in [-0.15, -0.1) is 0 Å². The summed E-state index contributed by atoms with van der Waals surface area (Å²) in [5.74, 6) is 0.794. The number of rotatable bonds is 6. The van der Waals surface area contributed by atoms with Crippen molar-refractivity contribution in [2.45, 2.75) is 26.0 Å². The lowest BCUT2D eigenvalue weighted by Crippen LogP contribution is -2.25. The molecule has 17 heavy (non-hydrogen) atoms. The Balaban J connectivity index is 2.61.